The molecule has 0 bridgehead atoms. The van der Waals surface area contributed by atoms with Gasteiger partial charge in [-0.2, -0.15) is 0 Å². The lowest BCUT2D eigenvalue weighted by Crippen LogP contribution is -2.68. The maximum Gasteiger partial charge on any atom is 0.319 e. The van der Waals surface area contributed by atoms with Crippen molar-refractivity contribution >= 4 is 30.4 Å². The first-order valence-corrected chi connectivity index (χ1v) is 21.6. The van der Waals surface area contributed by atoms with E-state index in [-0.39, 0.29) is 35.8 Å². The highest BCUT2D eigenvalue weighted by molar-refractivity contribution is 7.00. The van der Waals surface area contributed by atoms with Crippen LogP contribution < -0.4 is 35.5 Å². The predicted octanol–water partition coefficient (Wildman–Crippen LogP) is 7.26. The molecule has 2 amide bonds. The van der Waals surface area contributed by atoms with Gasteiger partial charge in [0.25, 0.3) is 0 Å². The summed E-state index contributed by atoms with van der Waals surface area (Å²) >= 11 is 0. The first kappa shape index (κ1) is 41.4. The number of ether oxygens (including phenoxy) is 1. The highest BCUT2D eigenvalue weighted by Gasteiger charge is 2.52. The van der Waals surface area contributed by atoms with E-state index in [0.717, 1.165) is 48.9 Å². The summed E-state index contributed by atoms with van der Waals surface area (Å²) in [5.74, 6) is 0.377. The number of carbonyl (C=O) groups is 1. The number of anilines is 1. The number of carbonyl (C=O) groups excluding carboxylic acids is 1. The van der Waals surface area contributed by atoms with Gasteiger partial charge in [-0.15, -0.1) is 0 Å². The molecule has 8 nitrogen and oxygen atoms in total. The average Bonchev–Trinajstić information content (AvgIpc) is 3.22. The molecule has 1 saturated heterocycles. The van der Waals surface area contributed by atoms with Crippen molar-refractivity contribution < 1.29 is 27.8 Å². The minimum atomic E-state index is -2.74. The van der Waals surface area contributed by atoms with Gasteiger partial charge in [-0.3, -0.25) is 0 Å². The number of nitrogens with zero attached hydrogens (tertiary/aromatic N) is 1. The molecule has 11 heteroatoms. The number of piperidine rings is 1. The maximum absolute atomic E-state index is 13.9. The number of likely N-dealkylation sites (tertiary alicyclic amines) is 1. The van der Waals surface area contributed by atoms with Crippen LogP contribution in [0, 0.1) is 11.6 Å². The monoisotopic (exact) mass is 792 g/mol. The Bertz CT molecular complexity index is 1970. The van der Waals surface area contributed by atoms with Crippen molar-refractivity contribution in [1.29, 1.82) is 0 Å². The molecule has 0 spiro atoms. The minimum Gasteiger partial charge on any atom is -0.534 e. The van der Waals surface area contributed by atoms with Crippen LogP contribution in [-0.4, -0.2) is 69.3 Å². The zero-order valence-corrected chi connectivity index (χ0v) is 34.0. The topological polar surface area (TPSA) is 95.1 Å². The summed E-state index contributed by atoms with van der Waals surface area (Å²) in [5, 5.41) is 22.5. The number of rotatable bonds is 16. The Labute approximate surface area is 336 Å². The van der Waals surface area contributed by atoms with Crippen LogP contribution in [0.5, 0.6) is 11.5 Å². The molecule has 0 radical (unpaired) electrons. The van der Waals surface area contributed by atoms with Crippen LogP contribution in [0.25, 0.3) is 0 Å². The van der Waals surface area contributed by atoms with Gasteiger partial charge in [0.15, 0.2) is 0 Å². The summed E-state index contributed by atoms with van der Waals surface area (Å²) < 4.78 is 40.4. The number of nitrogens with one attached hydrogen (secondary N) is 3. The highest BCUT2D eigenvalue weighted by atomic mass is 28.4. The minimum absolute atomic E-state index is 0.0601. The third kappa shape index (κ3) is 11.0. The van der Waals surface area contributed by atoms with Gasteiger partial charge in [0.1, 0.15) is 35.8 Å². The summed E-state index contributed by atoms with van der Waals surface area (Å²) in [4.78, 5) is 14.3. The van der Waals surface area contributed by atoms with Gasteiger partial charge in [-0.1, -0.05) is 93.6 Å². The normalized spacial score (nSPS) is 14.2. The lowest BCUT2D eigenvalue weighted by atomic mass is 10.0. The first-order chi connectivity index (χ1) is 27.5. The fraction of sp³-hybridized carbons (Fsp3) is 0.326. The third-order valence-electron chi connectivity index (χ3n) is 10.5. The maximum atomic E-state index is 13.9. The molecule has 300 valence electrons. The Morgan fingerprint density at radius 3 is 2.07 bits per heavy atom. The lowest BCUT2D eigenvalue weighted by molar-refractivity contribution is 0.106. The average molecular weight is 793 g/mol. The molecule has 57 heavy (non-hydrogen) atoms. The van der Waals surface area contributed by atoms with Crippen molar-refractivity contribution in [3.05, 3.63) is 150 Å². The Morgan fingerprint density at radius 2 is 1.46 bits per heavy atom. The number of halogens is 2. The lowest BCUT2D eigenvalue weighted by Gasteiger charge is -2.43. The van der Waals surface area contributed by atoms with E-state index in [4.69, 9.17) is 9.16 Å². The number of aliphatic hydroxyl groups excluding tert-OH is 1. The van der Waals surface area contributed by atoms with Gasteiger partial charge >= 0.3 is 14.3 Å². The summed E-state index contributed by atoms with van der Waals surface area (Å²) in [7, 11) is -2.74. The van der Waals surface area contributed by atoms with Gasteiger partial charge in [0, 0.05) is 43.5 Å². The molecule has 6 rings (SSSR count). The quantitative estimate of drug-likeness (QED) is 0.0621. The zero-order chi connectivity index (χ0) is 40.3. The van der Waals surface area contributed by atoms with Crippen molar-refractivity contribution in [3.8, 4) is 11.5 Å². The molecule has 1 fully saturated rings. The second kappa shape index (κ2) is 19.3. The molecular formula is C46H54F2N4O4Si. The van der Waals surface area contributed by atoms with E-state index in [1.165, 1.54) is 15.9 Å². The van der Waals surface area contributed by atoms with Gasteiger partial charge < -0.3 is 35.1 Å². The van der Waals surface area contributed by atoms with Crippen molar-refractivity contribution in [2.45, 2.75) is 63.8 Å². The molecule has 1 heterocycles. The fourth-order valence-corrected chi connectivity index (χ4v) is 11.8. The second-order valence-corrected chi connectivity index (χ2v) is 19.9. The molecule has 1 atom stereocenters. The smallest absolute Gasteiger partial charge is 0.319 e. The van der Waals surface area contributed by atoms with Crippen molar-refractivity contribution in [2.24, 2.45) is 0 Å². The van der Waals surface area contributed by atoms with Gasteiger partial charge in [-0.25, -0.2) is 13.6 Å². The van der Waals surface area contributed by atoms with Crippen molar-refractivity contribution in [1.82, 2.24) is 15.5 Å². The molecule has 0 aliphatic carbocycles. The third-order valence-corrected chi connectivity index (χ3v) is 15.4. The Hall–Kier alpha value is -5.23. The Balaban J connectivity index is 0.893. The summed E-state index contributed by atoms with van der Waals surface area (Å²) in [6.45, 7) is 9.14. The van der Waals surface area contributed by atoms with Gasteiger partial charge in [0.05, 0.1) is 0 Å². The first-order valence-electron chi connectivity index (χ1n) is 19.7. The molecule has 0 aromatic heterocycles. The molecule has 5 aromatic rings. The SMILES string of the molecule is CC(C)(C)[Si](Oc1ccc(OC[C@H](O)CNCCc2ccc(NC3CCN(C(=O)NCc4cc(F)ccc4F)CC3)cc2)cc1)(c1ccccc1)c1ccccc1. The van der Waals surface area contributed by atoms with Crippen LogP contribution in [0.3, 0.4) is 0 Å². The number of hydrogen-bond donors (Lipinski definition) is 4. The van der Waals surface area contributed by atoms with Crippen LogP contribution in [-0.2, 0) is 13.0 Å². The summed E-state index contributed by atoms with van der Waals surface area (Å²) in [5.41, 5.74) is 2.32. The number of aliphatic hydroxyl groups is 1. The van der Waals surface area contributed by atoms with Gasteiger partial charge in [0.2, 0.25) is 0 Å². The molecule has 1 aliphatic rings. The van der Waals surface area contributed by atoms with Crippen LogP contribution in [0.1, 0.15) is 44.7 Å². The number of hydrogen-bond acceptors (Lipinski definition) is 6. The fourth-order valence-electron chi connectivity index (χ4n) is 7.37. The molecule has 4 N–H and O–H groups in total. The molecular weight excluding hydrogens is 739 g/mol. The van der Waals surface area contributed by atoms with Crippen molar-refractivity contribution in [3.63, 3.8) is 0 Å². The van der Waals surface area contributed by atoms with E-state index in [2.05, 4.69) is 110 Å². The molecule has 0 unspecified atom stereocenters. The van der Waals surface area contributed by atoms with Crippen molar-refractivity contribution in [2.75, 3.05) is 38.1 Å². The number of amides is 2. The van der Waals surface area contributed by atoms with Crippen LogP contribution >= 0.6 is 0 Å². The van der Waals surface area contributed by atoms with Crippen LogP contribution in [0.15, 0.2) is 127 Å². The van der Waals surface area contributed by atoms with E-state index >= 15 is 0 Å². The van der Waals surface area contributed by atoms with Crippen LogP contribution in [0.4, 0.5) is 19.3 Å². The molecule has 0 saturated carbocycles. The summed E-state index contributed by atoms with van der Waals surface area (Å²) in [6, 6.07) is 40.3. The van der Waals surface area contributed by atoms with E-state index in [0.29, 0.717) is 31.9 Å². The Morgan fingerprint density at radius 1 is 0.842 bits per heavy atom. The molecule has 5 aromatic carbocycles. The van der Waals surface area contributed by atoms with E-state index < -0.39 is 26.1 Å². The van der Waals surface area contributed by atoms with Crippen LogP contribution in [0.2, 0.25) is 5.04 Å². The highest BCUT2D eigenvalue weighted by Crippen LogP contribution is 2.38. The standard InChI is InChI=1S/C46H54F2N4O4Si/c1-46(2,3)57(42-10-6-4-7-11-42,43-12-8-5-9-13-43)56-41-21-19-40(20-22-41)55-33-39(53)32-49-27-24-34-14-17-37(18-15-34)51-38-25-28-52(29-26-38)45(54)50-31-35-30-36(47)16-23-44(35)48/h4-23,30,38-39,49,51,53H,24-29,31-33H2,1-3H3,(H,50,54)/t39-/m1/s1. The number of benzene rings is 5. The van der Waals surface area contributed by atoms with E-state index in [9.17, 15) is 18.7 Å². The second-order valence-electron chi connectivity index (χ2n) is 15.7. The van der Waals surface area contributed by atoms with Gasteiger partial charge in [-0.05, 0) is 101 Å². The largest absolute Gasteiger partial charge is 0.534 e. The summed E-state index contributed by atoms with van der Waals surface area (Å²) in [6.07, 6.45) is 1.71. The zero-order valence-electron chi connectivity index (χ0n) is 33.0. The number of urea groups is 1. The predicted molar refractivity (Wildman–Crippen MR) is 226 cm³/mol. The van der Waals surface area contributed by atoms with E-state index in [1.54, 1.807) is 4.90 Å². The molecule has 1 aliphatic heterocycles. The Kier molecular flexibility index (Phi) is 14.0. The van der Waals surface area contributed by atoms with E-state index in [1.807, 2.05) is 36.4 Å².